The van der Waals surface area contributed by atoms with Crippen LogP contribution in [0.15, 0.2) is 6.07 Å². The van der Waals surface area contributed by atoms with Gasteiger partial charge in [0.05, 0.1) is 0 Å². The van der Waals surface area contributed by atoms with E-state index in [2.05, 4.69) is 9.97 Å². The minimum absolute atomic E-state index is 0.0465. The van der Waals surface area contributed by atoms with Gasteiger partial charge in [0.2, 0.25) is 0 Å². The minimum Gasteiger partial charge on any atom is -0.385 e. The molecule has 0 radical (unpaired) electrons. The van der Waals surface area contributed by atoms with Crippen molar-refractivity contribution in [2.75, 3.05) is 12.3 Å². The highest BCUT2D eigenvalue weighted by atomic mass is 32.1. The van der Waals surface area contributed by atoms with E-state index in [1.54, 1.807) is 6.07 Å². The highest BCUT2D eigenvalue weighted by Crippen LogP contribution is 2.25. The molecule has 1 aliphatic heterocycles. The molecule has 1 atom stereocenters. The Morgan fingerprint density at radius 2 is 2.54 bits per heavy atom. The Balaban J connectivity index is 2.33. The molecule has 3 N–H and O–H groups in total. The predicted molar refractivity (Wildman–Crippen MR) is 51.8 cm³/mol. The van der Waals surface area contributed by atoms with Gasteiger partial charge in [0.15, 0.2) is 0 Å². The Bertz CT molecular complexity index is 357. The third kappa shape index (κ3) is 1.87. The Labute approximate surface area is 81.1 Å². The lowest BCUT2D eigenvalue weighted by atomic mass is 10.2. The van der Waals surface area contributed by atoms with Crippen molar-refractivity contribution in [1.29, 1.82) is 0 Å². The zero-order valence-electron chi connectivity index (χ0n) is 7.12. The summed E-state index contributed by atoms with van der Waals surface area (Å²) in [6, 6.07) is 1.63. The molecule has 1 aliphatic rings. The number of hydrogen-bond acceptors (Lipinski definition) is 4. The van der Waals surface area contributed by atoms with Crippen LogP contribution in [0.5, 0.6) is 0 Å². The van der Waals surface area contributed by atoms with Crippen molar-refractivity contribution in [3.63, 3.8) is 0 Å². The average Bonchev–Trinajstić information content (AvgIpc) is 2.53. The van der Waals surface area contributed by atoms with Crippen LogP contribution in [0.3, 0.4) is 0 Å². The minimum atomic E-state index is 0.0465. The van der Waals surface area contributed by atoms with Crippen LogP contribution >= 0.6 is 12.2 Å². The van der Waals surface area contributed by atoms with Crippen LogP contribution in [-0.4, -0.2) is 16.6 Å². The van der Waals surface area contributed by atoms with Crippen LogP contribution in [0.1, 0.15) is 24.8 Å². The molecule has 5 heteroatoms. The molecule has 1 fully saturated rings. The summed E-state index contributed by atoms with van der Waals surface area (Å²) in [5.41, 5.74) is 5.61. The van der Waals surface area contributed by atoms with Crippen LogP contribution < -0.4 is 5.73 Å². The fourth-order valence-electron chi connectivity index (χ4n) is 1.44. The molecular weight excluding hydrogens is 186 g/mol. The van der Waals surface area contributed by atoms with Gasteiger partial charge < -0.3 is 15.5 Å². The molecule has 13 heavy (non-hydrogen) atoms. The molecule has 1 saturated heterocycles. The van der Waals surface area contributed by atoms with Crippen molar-refractivity contribution < 1.29 is 4.74 Å². The molecule has 1 aromatic heterocycles. The molecule has 1 unspecified atom stereocenters. The molecule has 70 valence electrons. The fraction of sp³-hybridized carbons (Fsp3) is 0.500. The first-order valence-corrected chi connectivity index (χ1v) is 4.65. The molecule has 4 nitrogen and oxygen atoms in total. The van der Waals surface area contributed by atoms with Gasteiger partial charge >= 0.3 is 0 Å². The Hall–Kier alpha value is -0.940. The van der Waals surface area contributed by atoms with Gasteiger partial charge in [-0.15, -0.1) is 0 Å². The van der Waals surface area contributed by atoms with Gasteiger partial charge in [-0.2, -0.15) is 0 Å². The van der Waals surface area contributed by atoms with Crippen LogP contribution in [0.2, 0.25) is 0 Å². The first-order valence-electron chi connectivity index (χ1n) is 4.24. The summed E-state index contributed by atoms with van der Waals surface area (Å²) in [5, 5.41) is 0. The van der Waals surface area contributed by atoms with Crippen LogP contribution in [0.4, 0.5) is 5.82 Å². The van der Waals surface area contributed by atoms with Crippen molar-refractivity contribution in [3.05, 3.63) is 16.5 Å². The predicted octanol–water partition coefficient (Wildman–Crippen LogP) is 1.57. The lowest BCUT2D eigenvalue weighted by Crippen LogP contribution is -2.05. The van der Waals surface area contributed by atoms with Gasteiger partial charge in [-0.1, -0.05) is 12.2 Å². The lowest BCUT2D eigenvalue weighted by Gasteiger charge is -2.08. The van der Waals surface area contributed by atoms with Gasteiger partial charge in [0.1, 0.15) is 22.4 Å². The van der Waals surface area contributed by atoms with E-state index in [0.29, 0.717) is 10.5 Å². The van der Waals surface area contributed by atoms with E-state index in [9.17, 15) is 0 Å². The maximum atomic E-state index is 5.61. The van der Waals surface area contributed by atoms with Gasteiger partial charge in [0.25, 0.3) is 0 Å². The van der Waals surface area contributed by atoms with Crippen molar-refractivity contribution in [3.8, 4) is 0 Å². The molecule has 0 amide bonds. The number of ether oxygens (including phenoxy) is 1. The lowest BCUT2D eigenvalue weighted by molar-refractivity contribution is 0.105. The Kier molecular flexibility index (Phi) is 2.28. The van der Waals surface area contributed by atoms with Crippen molar-refractivity contribution in [1.82, 2.24) is 9.97 Å². The van der Waals surface area contributed by atoms with Gasteiger partial charge in [-0.3, -0.25) is 0 Å². The van der Waals surface area contributed by atoms with Crippen molar-refractivity contribution in [2.24, 2.45) is 0 Å². The zero-order chi connectivity index (χ0) is 9.26. The summed E-state index contributed by atoms with van der Waals surface area (Å²) >= 11 is 4.96. The van der Waals surface area contributed by atoms with Crippen LogP contribution in [0, 0.1) is 4.64 Å². The molecule has 0 aromatic carbocycles. The van der Waals surface area contributed by atoms with E-state index in [4.69, 9.17) is 22.7 Å². The van der Waals surface area contributed by atoms with Crippen LogP contribution in [-0.2, 0) is 4.74 Å². The van der Waals surface area contributed by atoms with Crippen molar-refractivity contribution >= 4 is 18.0 Å². The Morgan fingerprint density at radius 1 is 1.69 bits per heavy atom. The first kappa shape index (κ1) is 8.65. The maximum Gasteiger partial charge on any atom is 0.138 e. The zero-order valence-corrected chi connectivity index (χ0v) is 7.93. The second-order valence-corrected chi connectivity index (χ2v) is 3.48. The molecular formula is C8H11N3OS. The van der Waals surface area contributed by atoms with E-state index in [1.165, 1.54) is 0 Å². The number of nitrogens with zero attached hydrogens (tertiary/aromatic N) is 1. The van der Waals surface area contributed by atoms with Crippen LogP contribution in [0.25, 0.3) is 0 Å². The highest BCUT2D eigenvalue weighted by Gasteiger charge is 2.19. The van der Waals surface area contributed by atoms with E-state index in [0.717, 1.165) is 25.3 Å². The number of hydrogen-bond donors (Lipinski definition) is 2. The summed E-state index contributed by atoms with van der Waals surface area (Å²) in [5.74, 6) is 1.30. The third-order valence-electron chi connectivity index (χ3n) is 2.02. The molecule has 0 aliphatic carbocycles. The maximum absolute atomic E-state index is 5.61. The molecule has 0 bridgehead atoms. The number of aromatic nitrogens is 2. The quantitative estimate of drug-likeness (QED) is 0.671. The van der Waals surface area contributed by atoms with E-state index in [-0.39, 0.29) is 6.10 Å². The fourth-order valence-corrected chi connectivity index (χ4v) is 1.67. The van der Waals surface area contributed by atoms with Gasteiger partial charge in [0, 0.05) is 12.7 Å². The van der Waals surface area contributed by atoms with E-state index < -0.39 is 0 Å². The molecule has 2 rings (SSSR count). The number of rotatable bonds is 1. The topological polar surface area (TPSA) is 63.9 Å². The summed E-state index contributed by atoms with van der Waals surface area (Å²) < 4.78 is 5.97. The molecule has 0 spiro atoms. The largest absolute Gasteiger partial charge is 0.385 e. The third-order valence-corrected chi connectivity index (χ3v) is 2.23. The standard InChI is InChI=1S/C8H11N3OS/c9-6-4-7(13)11-8(10-6)5-2-1-3-12-5/h4-5H,1-3H2,(H3,9,10,11,13). The van der Waals surface area contributed by atoms with Gasteiger partial charge in [-0.05, 0) is 12.8 Å². The highest BCUT2D eigenvalue weighted by molar-refractivity contribution is 7.71. The summed E-state index contributed by atoms with van der Waals surface area (Å²) in [6.07, 6.45) is 2.11. The molecule has 2 heterocycles. The van der Waals surface area contributed by atoms with Crippen molar-refractivity contribution in [2.45, 2.75) is 18.9 Å². The molecule has 1 aromatic rings. The summed E-state index contributed by atoms with van der Waals surface area (Å²) in [4.78, 5) is 7.14. The SMILES string of the molecule is Nc1cc(=S)nc(C2CCCO2)[nH]1. The normalized spacial score (nSPS) is 22.0. The first-order chi connectivity index (χ1) is 6.25. The number of H-pyrrole nitrogens is 1. The second kappa shape index (κ2) is 3.43. The monoisotopic (exact) mass is 197 g/mol. The average molecular weight is 197 g/mol. The van der Waals surface area contributed by atoms with Gasteiger partial charge in [-0.25, -0.2) is 4.98 Å². The second-order valence-electron chi connectivity index (χ2n) is 3.06. The number of anilines is 1. The molecule has 0 saturated carbocycles. The number of nitrogen functional groups attached to an aromatic ring is 1. The van der Waals surface area contributed by atoms with E-state index in [1.807, 2.05) is 0 Å². The number of nitrogens with one attached hydrogen (secondary N) is 1. The number of nitrogens with two attached hydrogens (primary N) is 1. The smallest absolute Gasteiger partial charge is 0.138 e. The van der Waals surface area contributed by atoms with E-state index >= 15 is 0 Å². The summed E-state index contributed by atoms with van der Waals surface area (Å²) in [7, 11) is 0. The number of aromatic amines is 1. The Morgan fingerprint density at radius 3 is 3.15 bits per heavy atom. The summed E-state index contributed by atoms with van der Waals surface area (Å²) in [6.45, 7) is 0.793.